The van der Waals surface area contributed by atoms with Gasteiger partial charge >= 0.3 is 5.97 Å². The van der Waals surface area contributed by atoms with Gasteiger partial charge in [0.2, 0.25) is 0 Å². The first-order valence-electron chi connectivity index (χ1n) is 8.09. The maximum absolute atomic E-state index is 12.8. The number of rotatable bonds is 4. The van der Waals surface area contributed by atoms with Gasteiger partial charge in [0.25, 0.3) is 0 Å². The van der Waals surface area contributed by atoms with Crippen LogP contribution in [0.15, 0.2) is 36.4 Å². The molecule has 0 aliphatic heterocycles. The number of phenolic OH excluding ortho intramolecular Hbond substituents is 1. The highest BCUT2D eigenvalue weighted by Crippen LogP contribution is 2.39. The number of ether oxygens (including phenoxy) is 1. The molecule has 0 bridgehead atoms. The van der Waals surface area contributed by atoms with E-state index in [-0.39, 0.29) is 17.1 Å². The van der Waals surface area contributed by atoms with Gasteiger partial charge in [-0.2, -0.15) is 0 Å². The molecule has 3 heteroatoms. The maximum Gasteiger partial charge on any atom is 0.317 e. The monoisotopic (exact) mass is 314 g/mol. The van der Waals surface area contributed by atoms with E-state index in [0.29, 0.717) is 11.1 Å². The van der Waals surface area contributed by atoms with Crippen molar-refractivity contribution >= 4 is 16.7 Å². The van der Waals surface area contributed by atoms with Gasteiger partial charge in [0.15, 0.2) is 0 Å². The van der Waals surface area contributed by atoms with Crippen molar-refractivity contribution in [2.45, 2.75) is 47.5 Å². The van der Waals surface area contributed by atoms with Crippen LogP contribution in [0.5, 0.6) is 11.5 Å². The Morgan fingerprint density at radius 2 is 1.65 bits per heavy atom. The predicted molar refractivity (Wildman–Crippen MR) is 93.7 cm³/mol. The standard InChI is InChI=1S/C20H26O3/c1-6-20(5,13-19(2,3)4)18(22)23-17-12-8-9-14-15(17)10-7-11-16(14)21/h7-12,21H,6,13H2,1-5H3. The fraction of sp³-hybridized carbons (Fsp3) is 0.450. The molecule has 0 spiro atoms. The third kappa shape index (κ3) is 3.84. The predicted octanol–water partition coefficient (Wildman–Crippen LogP) is 5.30. The Balaban J connectivity index is 2.35. The van der Waals surface area contributed by atoms with Gasteiger partial charge in [-0.3, -0.25) is 4.79 Å². The van der Waals surface area contributed by atoms with Gasteiger partial charge in [-0.15, -0.1) is 0 Å². The van der Waals surface area contributed by atoms with Crippen molar-refractivity contribution in [3.63, 3.8) is 0 Å². The normalized spacial score (nSPS) is 14.5. The molecule has 0 amide bonds. The first-order valence-corrected chi connectivity index (χ1v) is 8.09. The smallest absolute Gasteiger partial charge is 0.317 e. The zero-order valence-corrected chi connectivity index (χ0v) is 14.6. The Bertz CT molecular complexity index is 712. The van der Waals surface area contributed by atoms with Crippen molar-refractivity contribution in [1.82, 2.24) is 0 Å². The van der Waals surface area contributed by atoms with E-state index in [1.54, 1.807) is 24.3 Å². The SMILES string of the molecule is CCC(C)(CC(C)(C)C)C(=O)Oc1cccc2c(O)cccc12. The van der Waals surface area contributed by atoms with E-state index < -0.39 is 5.41 Å². The number of esters is 1. The molecule has 2 rings (SSSR count). The number of carbonyl (C=O) groups excluding carboxylic acids is 1. The molecule has 23 heavy (non-hydrogen) atoms. The molecular weight excluding hydrogens is 288 g/mol. The Labute approximate surface area is 138 Å². The molecule has 124 valence electrons. The second-order valence-corrected chi connectivity index (χ2v) is 7.67. The highest BCUT2D eigenvalue weighted by atomic mass is 16.5. The average molecular weight is 314 g/mol. The van der Waals surface area contributed by atoms with Crippen molar-refractivity contribution in [2.24, 2.45) is 10.8 Å². The van der Waals surface area contributed by atoms with Crippen molar-refractivity contribution in [1.29, 1.82) is 0 Å². The zero-order valence-electron chi connectivity index (χ0n) is 14.6. The van der Waals surface area contributed by atoms with E-state index in [2.05, 4.69) is 20.8 Å². The largest absolute Gasteiger partial charge is 0.507 e. The van der Waals surface area contributed by atoms with Crippen LogP contribution in [0.3, 0.4) is 0 Å². The van der Waals surface area contributed by atoms with Gasteiger partial charge < -0.3 is 9.84 Å². The Kier molecular flexibility index (Phi) is 4.69. The van der Waals surface area contributed by atoms with Crippen LogP contribution in [-0.2, 0) is 4.79 Å². The molecule has 2 aromatic rings. The van der Waals surface area contributed by atoms with Crippen molar-refractivity contribution in [3.8, 4) is 11.5 Å². The summed E-state index contributed by atoms with van der Waals surface area (Å²) in [6.45, 7) is 10.4. The summed E-state index contributed by atoms with van der Waals surface area (Å²) in [5.74, 6) is 0.469. The molecule has 1 atom stereocenters. The number of benzene rings is 2. The maximum atomic E-state index is 12.8. The molecule has 2 aromatic carbocycles. The van der Waals surface area contributed by atoms with Crippen LogP contribution in [0.4, 0.5) is 0 Å². The summed E-state index contributed by atoms with van der Waals surface area (Å²) in [7, 11) is 0. The fourth-order valence-electron chi connectivity index (χ4n) is 3.09. The molecule has 3 nitrogen and oxygen atoms in total. The van der Waals surface area contributed by atoms with Crippen LogP contribution in [0.1, 0.15) is 47.5 Å². The fourth-order valence-corrected chi connectivity index (χ4v) is 3.09. The Morgan fingerprint density at radius 3 is 2.26 bits per heavy atom. The number of aromatic hydroxyl groups is 1. The summed E-state index contributed by atoms with van der Waals surface area (Å²) in [5.41, 5.74) is -0.488. The second-order valence-electron chi connectivity index (χ2n) is 7.67. The molecule has 0 heterocycles. The molecule has 1 unspecified atom stereocenters. The molecule has 0 radical (unpaired) electrons. The van der Waals surface area contributed by atoms with Gasteiger partial charge in [0.1, 0.15) is 11.5 Å². The van der Waals surface area contributed by atoms with E-state index in [1.807, 2.05) is 26.0 Å². The molecule has 0 saturated carbocycles. The number of hydrogen-bond acceptors (Lipinski definition) is 3. The third-order valence-corrected chi connectivity index (χ3v) is 4.26. The van der Waals surface area contributed by atoms with Gasteiger partial charge in [0, 0.05) is 10.8 Å². The minimum Gasteiger partial charge on any atom is -0.507 e. The van der Waals surface area contributed by atoms with E-state index in [4.69, 9.17) is 4.74 Å². The highest BCUT2D eigenvalue weighted by Gasteiger charge is 2.37. The van der Waals surface area contributed by atoms with Crippen LogP contribution in [0, 0.1) is 10.8 Å². The van der Waals surface area contributed by atoms with E-state index in [1.165, 1.54) is 0 Å². The summed E-state index contributed by atoms with van der Waals surface area (Å²) in [6, 6.07) is 10.6. The quantitative estimate of drug-likeness (QED) is 0.615. The van der Waals surface area contributed by atoms with Crippen molar-refractivity contribution in [2.75, 3.05) is 0 Å². The van der Waals surface area contributed by atoms with E-state index >= 15 is 0 Å². The number of hydrogen-bond donors (Lipinski definition) is 1. The first kappa shape index (κ1) is 17.3. The van der Waals surface area contributed by atoms with Gasteiger partial charge in [-0.05, 0) is 37.3 Å². The summed E-state index contributed by atoms with van der Waals surface area (Å²) in [6.07, 6.45) is 1.48. The minimum absolute atomic E-state index is 0.0425. The number of carbonyl (C=O) groups is 1. The summed E-state index contributed by atoms with van der Waals surface area (Å²) >= 11 is 0. The summed E-state index contributed by atoms with van der Waals surface area (Å²) in [5, 5.41) is 11.4. The van der Waals surface area contributed by atoms with E-state index in [9.17, 15) is 9.90 Å². The molecular formula is C20H26O3. The lowest BCUT2D eigenvalue weighted by Gasteiger charge is -2.32. The average Bonchev–Trinajstić information content (AvgIpc) is 2.46. The van der Waals surface area contributed by atoms with Crippen LogP contribution >= 0.6 is 0 Å². The van der Waals surface area contributed by atoms with Crippen LogP contribution in [0.25, 0.3) is 10.8 Å². The number of phenols is 1. The highest BCUT2D eigenvalue weighted by molar-refractivity contribution is 5.94. The van der Waals surface area contributed by atoms with Gasteiger partial charge in [-0.25, -0.2) is 0 Å². The van der Waals surface area contributed by atoms with Crippen LogP contribution < -0.4 is 4.74 Å². The van der Waals surface area contributed by atoms with Crippen molar-refractivity contribution in [3.05, 3.63) is 36.4 Å². The van der Waals surface area contributed by atoms with Gasteiger partial charge in [0.05, 0.1) is 5.41 Å². The zero-order chi connectivity index (χ0) is 17.3. The van der Waals surface area contributed by atoms with Crippen molar-refractivity contribution < 1.29 is 14.6 Å². The summed E-state index contributed by atoms with van der Waals surface area (Å²) < 4.78 is 5.73. The van der Waals surface area contributed by atoms with Crippen LogP contribution in [0.2, 0.25) is 0 Å². The Morgan fingerprint density at radius 1 is 1.04 bits per heavy atom. The third-order valence-electron chi connectivity index (χ3n) is 4.26. The van der Waals surface area contributed by atoms with Gasteiger partial charge in [-0.1, -0.05) is 52.0 Å². The van der Waals surface area contributed by atoms with E-state index in [0.717, 1.165) is 18.2 Å². The summed E-state index contributed by atoms with van der Waals surface area (Å²) in [4.78, 5) is 12.8. The lowest BCUT2D eigenvalue weighted by Crippen LogP contribution is -2.35. The molecule has 0 fully saturated rings. The lowest BCUT2D eigenvalue weighted by molar-refractivity contribution is -0.146. The topological polar surface area (TPSA) is 46.5 Å². The molecule has 1 N–H and O–H groups in total. The lowest BCUT2D eigenvalue weighted by atomic mass is 9.73. The first-order chi connectivity index (χ1) is 10.7. The second kappa shape index (κ2) is 6.23. The number of fused-ring (bicyclic) bond motifs is 1. The molecule has 0 aliphatic rings. The molecule has 0 aromatic heterocycles. The molecule has 0 aliphatic carbocycles. The molecule has 0 saturated heterocycles. The Hall–Kier alpha value is -2.03. The van der Waals surface area contributed by atoms with Crippen LogP contribution in [-0.4, -0.2) is 11.1 Å². The minimum atomic E-state index is -0.531.